The van der Waals surface area contributed by atoms with Gasteiger partial charge in [-0.15, -0.1) is 0 Å². The molecule has 0 aliphatic heterocycles. The number of anilines is 1. The van der Waals surface area contributed by atoms with Crippen molar-refractivity contribution in [2.75, 3.05) is 5.32 Å². The number of amides is 1. The number of ether oxygens (including phenoxy) is 1. The zero-order chi connectivity index (χ0) is 14.9. The van der Waals surface area contributed by atoms with E-state index in [0.29, 0.717) is 22.9 Å². The van der Waals surface area contributed by atoms with Crippen molar-refractivity contribution in [3.8, 4) is 0 Å². The quantitative estimate of drug-likeness (QED) is 0.923. The minimum atomic E-state index is -0.553. The van der Waals surface area contributed by atoms with Crippen molar-refractivity contribution in [2.24, 2.45) is 0 Å². The van der Waals surface area contributed by atoms with Crippen LogP contribution in [0.15, 0.2) is 12.3 Å². The summed E-state index contributed by atoms with van der Waals surface area (Å²) in [6.45, 7) is 7.39. The Bertz CT molecular complexity index is 646. The second-order valence-corrected chi connectivity index (χ2v) is 5.72. The SMILES string of the molecule is CCc1c(NC(=O)OC(C)(C)C)cnc2cc(Cl)nn12. The van der Waals surface area contributed by atoms with Gasteiger partial charge in [0.2, 0.25) is 0 Å². The smallest absolute Gasteiger partial charge is 0.412 e. The van der Waals surface area contributed by atoms with Gasteiger partial charge in [-0.3, -0.25) is 5.32 Å². The van der Waals surface area contributed by atoms with Crippen LogP contribution in [0.2, 0.25) is 5.15 Å². The third kappa shape index (κ3) is 3.19. The molecule has 0 aromatic carbocycles. The summed E-state index contributed by atoms with van der Waals surface area (Å²) in [6, 6.07) is 1.66. The largest absolute Gasteiger partial charge is 0.444 e. The number of nitrogens with one attached hydrogen (secondary N) is 1. The fraction of sp³-hybridized carbons (Fsp3) is 0.462. The van der Waals surface area contributed by atoms with Crippen LogP contribution in [-0.2, 0) is 11.2 Å². The Morgan fingerprint density at radius 1 is 1.50 bits per heavy atom. The predicted octanol–water partition coefficient (Wildman–Crippen LogP) is 3.29. The average Bonchev–Trinajstić information content (AvgIpc) is 2.66. The number of hydrogen-bond donors (Lipinski definition) is 1. The third-order valence-electron chi connectivity index (χ3n) is 2.52. The van der Waals surface area contributed by atoms with Crippen molar-refractivity contribution in [2.45, 2.75) is 39.7 Å². The Kier molecular flexibility index (Phi) is 3.85. The lowest BCUT2D eigenvalue weighted by Gasteiger charge is -2.20. The zero-order valence-electron chi connectivity index (χ0n) is 11.9. The Balaban J connectivity index is 2.32. The fourth-order valence-corrected chi connectivity index (χ4v) is 1.98. The van der Waals surface area contributed by atoms with Gasteiger partial charge in [0.15, 0.2) is 10.8 Å². The molecule has 20 heavy (non-hydrogen) atoms. The summed E-state index contributed by atoms with van der Waals surface area (Å²) in [5.41, 5.74) is 1.46. The first-order valence-electron chi connectivity index (χ1n) is 6.33. The number of hydrogen-bond acceptors (Lipinski definition) is 4. The summed E-state index contributed by atoms with van der Waals surface area (Å²) < 4.78 is 6.84. The monoisotopic (exact) mass is 296 g/mol. The van der Waals surface area contributed by atoms with Crippen LogP contribution in [0.5, 0.6) is 0 Å². The molecule has 1 N–H and O–H groups in total. The first-order chi connectivity index (χ1) is 9.30. The van der Waals surface area contributed by atoms with Crippen LogP contribution in [-0.4, -0.2) is 26.3 Å². The highest BCUT2D eigenvalue weighted by molar-refractivity contribution is 6.29. The molecule has 2 rings (SSSR count). The minimum absolute atomic E-state index is 0.363. The Morgan fingerprint density at radius 3 is 2.80 bits per heavy atom. The van der Waals surface area contributed by atoms with Crippen LogP contribution in [0.25, 0.3) is 5.65 Å². The summed E-state index contributed by atoms with van der Waals surface area (Å²) in [5.74, 6) is 0. The Hall–Kier alpha value is -1.82. The number of rotatable bonds is 2. The minimum Gasteiger partial charge on any atom is -0.444 e. The summed E-state index contributed by atoms with van der Waals surface area (Å²) in [4.78, 5) is 16.0. The highest BCUT2D eigenvalue weighted by atomic mass is 35.5. The van der Waals surface area contributed by atoms with Crippen molar-refractivity contribution in [3.63, 3.8) is 0 Å². The zero-order valence-corrected chi connectivity index (χ0v) is 12.7. The molecule has 108 valence electrons. The van der Waals surface area contributed by atoms with Crippen molar-refractivity contribution in [1.82, 2.24) is 14.6 Å². The van der Waals surface area contributed by atoms with Gasteiger partial charge >= 0.3 is 6.09 Å². The van der Waals surface area contributed by atoms with Gasteiger partial charge < -0.3 is 4.74 Å². The standard InChI is InChI=1S/C13H17ClN4O2/c1-5-9-8(16-12(19)20-13(2,3)4)7-15-11-6-10(14)17-18(9)11/h6-7H,5H2,1-4H3,(H,16,19). The molecule has 0 atom stereocenters. The van der Waals surface area contributed by atoms with Crippen molar-refractivity contribution in [3.05, 3.63) is 23.1 Å². The number of carbonyl (C=O) groups is 1. The molecule has 0 aliphatic rings. The van der Waals surface area contributed by atoms with Gasteiger partial charge in [-0.05, 0) is 27.2 Å². The number of carbonyl (C=O) groups excluding carboxylic acids is 1. The normalized spacial score (nSPS) is 11.7. The van der Waals surface area contributed by atoms with Crippen molar-refractivity contribution in [1.29, 1.82) is 0 Å². The molecular formula is C13H17ClN4O2. The topological polar surface area (TPSA) is 68.5 Å². The number of nitrogens with zero attached hydrogens (tertiary/aromatic N) is 3. The van der Waals surface area contributed by atoms with E-state index in [9.17, 15) is 4.79 Å². The summed E-state index contributed by atoms with van der Waals surface area (Å²) in [6.07, 6.45) is 1.73. The summed E-state index contributed by atoms with van der Waals surface area (Å²) in [5, 5.41) is 7.21. The summed E-state index contributed by atoms with van der Waals surface area (Å²) in [7, 11) is 0. The molecule has 6 nitrogen and oxygen atoms in total. The Morgan fingerprint density at radius 2 is 2.20 bits per heavy atom. The van der Waals surface area contributed by atoms with Crippen LogP contribution in [0.3, 0.4) is 0 Å². The van der Waals surface area contributed by atoms with E-state index in [1.165, 1.54) is 0 Å². The molecule has 0 aliphatic carbocycles. The molecule has 0 saturated carbocycles. The molecule has 0 fully saturated rings. The maximum Gasteiger partial charge on any atom is 0.412 e. The van der Waals surface area contributed by atoms with Crippen LogP contribution in [0.1, 0.15) is 33.4 Å². The van der Waals surface area contributed by atoms with Gasteiger partial charge in [-0.2, -0.15) is 5.10 Å². The first kappa shape index (κ1) is 14.6. The first-order valence-corrected chi connectivity index (χ1v) is 6.71. The van der Waals surface area contributed by atoms with Crippen molar-refractivity contribution < 1.29 is 9.53 Å². The number of fused-ring (bicyclic) bond motifs is 1. The van der Waals surface area contributed by atoms with E-state index in [2.05, 4.69) is 15.4 Å². The summed E-state index contributed by atoms with van der Waals surface area (Å²) >= 11 is 5.87. The van der Waals surface area contributed by atoms with Gasteiger partial charge in [-0.1, -0.05) is 18.5 Å². The molecule has 1 amide bonds. The Labute approximate surface area is 122 Å². The van der Waals surface area contributed by atoms with E-state index >= 15 is 0 Å². The molecule has 0 unspecified atom stereocenters. The van der Waals surface area contributed by atoms with Crippen LogP contribution in [0, 0.1) is 0 Å². The van der Waals surface area contributed by atoms with Gasteiger partial charge in [0.25, 0.3) is 0 Å². The maximum absolute atomic E-state index is 11.8. The van der Waals surface area contributed by atoms with Gasteiger partial charge in [-0.25, -0.2) is 14.3 Å². The van der Waals surface area contributed by atoms with E-state index in [4.69, 9.17) is 16.3 Å². The van der Waals surface area contributed by atoms with E-state index in [1.54, 1.807) is 16.8 Å². The lowest BCUT2D eigenvalue weighted by atomic mass is 10.2. The lowest BCUT2D eigenvalue weighted by Crippen LogP contribution is -2.27. The van der Waals surface area contributed by atoms with Gasteiger partial charge in [0.1, 0.15) is 5.60 Å². The highest BCUT2D eigenvalue weighted by Gasteiger charge is 2.18. The van der Waals surface area contributed by atoms with Crippen LogP contribution in [0.4, 0.5) is 10.5 Å². The third-order valence-corrected chi connectivity index (χ3v) is 2.71. The van der Waals surface area contributed by atoms with Gasteiger partial charge in [0.05, 0.1) is 17.6 Å². The van der Waals surface area contributed by atoms with Crippen molar-refractivity contribution >= 4 is 29.0 Å². The average molecular weight is 297 g/mol. The van der Waals surface area contributed by atoms with E-state index in [0.717, 1.165) is 5.69 Å². The van der Waals surface area contributed by atoms with Crippen LogP contribution < -0.4 is 5.32 Å². The second kappa shape index (κ2) is 5.28. The second-order valence-electron chi connectivity index (χ2n) is 5.34. The van der Waals surface area contributed by atoms with Gasteiger partial charge in [0, 0.05) is 6.07 Å². The molecule has 0 bridgehead atoms. The number of aryl methyl sites for hydroxylation is 1. The molecule has 0 spiro atoms. The molecule has 7 heteroatoms. The molecule has 0 saturated heterocycles. The van der Waals surface area contributed by atoms with E-state index in [-0.39, 0.29) is 0 Å². The van der Waals surface area contributed by atoms with E-state index < -0.39 is 11.7 Å². The lowest BCUT2D eigenvalue weighted by molar-refractivity contribution is 0.0635. The van der Waals surface area contributed by atoms with E-state index in [1.807, 2.05) is 27.7 Å². The predicted molar refractivity (Wildman–Crippen MR) is 77.2 cm³/mol. The number of aromatic nitrogens is 3. The van der Waals surface area contributed by atoms with Crippen LogP contribution >= 0.6 is 11.6 Å². The molecule has 0 radical (unpaired) electrons. The fourth-order valence-electron chi connectivity index (χ4n) is 1.81. The molecule has 2 aromatic rings. The number of halogens is 1. The maximum atomic E-state index is 11.8. The molecule has 2 aromatic heterocycles. The molecular weight excluding hydrogens is 280 g/mol. The highest BCUT2D eigenvalue weighted by Crippen LogP contribution is 2.20. The molecule has 2 heterocycles.